The molecule has 0 saturated heterocycles. The fourth-order valence-electron chi connectivity index (χ4n) is 8.46. The third-order valence-electron chi connectivity index (χ3n) is 10.3. The van der Waals surface area contributed by atoms with E-state index in [1.807, 2.05) is 36.4 Å². The number of aliphatic hydroxyl groups is 1. The van der Waals surface area contributed by atoms with Crippen LogP contribution < -0.4 is 10.8 Å². The third-order valence-corrected chi connectivity index (χ3v) is 10.3. The van der Waals surface area contributed by atoms with Gasteiger partial charge in [0.1, 0.15) is 0 Å². The maximum absolute atomic E-state index is 14.4. The number of fused-ring (bicyclic) bond motifs is 1. The van der Waals surface area contributed by atoms with Crippen LogP contribution in [0.1, 0.15) is 47.1 Å². The van der Waals surface area contributed by atoms with Crippen LogP contribution in [0.4, 0.5) is 5.95 Å². The second-order valence-corrected chi connectivity index (χ2v) is 12.2. The fourth-order valence-corrected chi connectivity index (χ4v) is 8.46. The van der Waals surface area contributed by atoms with Crippen molar-refractivity contribution in [2.45, 2.75) is 43.7 Å². The highest BCUT2D eigenvalue weighted by atomic mass is 16.5. The van der Waals surface area contributed by atoms with E-state index >= 15 is 0 Å². The van der Waals surface area contributed by atoms with Crippen LogP contribution >= 0.6 is 0 Å². The molecule has 7 nitrogen and oxygen atoms in total. The van der Waals surface area contributed by atoms with Crippen molar-refractivity contribution in [3.8, 4) is 11.3 Å². The molecule has 4 aliphatic rings. The van der Waals surface area contributed by atoms with Crippen LogP contribution in [-0.4, -0.2) is 38.3 Å². The van der Waals surface area contributed by atoms with Crippen LogP contribution in [0, 0.1) is 18.3 Å². The number of aromatic nitrogens is 2. The van der Waals surface area contributed by atoms with Crippen molar-refractivity contribution < 1.29 is 15.1 Å². The average Bonchev–Trinajstić information content (AvgIpc) is 3.66. The number of aromatic amines is 1. The van der Waals surface area contributed by atoms with E-state index in [2.05, 4.69) is 76.2 Å². The first-order valence-electron chi connectivity index (χ1n) is 14.5. The van der Waals surface area contributed by atoms with Crippen molar-refractivity contribution >= 4 is 22.6 Å². The minimum atomic E-state index is -0.962. The predicted molar refractivity (Wildman–Crippen MR) is 161 cm³/mol. The van der Waals surface area contributed by atoms with Crippen LogP contribution in [0.25, 0.3) is 22.0 Å². The number of imidazole rings is 1. The summed E-state index contributed by atoms with van der Waals surface area (Å²) in [4.78, 5) is 22.4. The van der Waals surface area contributed by atoms with E-state index in [9.17, 15) is 15.1 Å². The van der Waals surface area contributed by atoms with Crippen LogP contribution in [0.5, 0.6) is 0 Å². The highest BCUT2D eigenvalue weighted by Crippen LogP contribution is 2.79. The van der Waals surface area contributed by atoms with Crippen molar-refractivity contribution in [2.75, 3.05) is 5.32 Å². The number of carbonyl (C=O) groups is 1. The number of amides is 1. The molecule has 2 bridgehead atoms. The molecule has 5 aromatic rings. The fraction of sp³-hybridized carbons (Fsp3) is 0.257. The molecule has 9 rings (SSSR count). The van der Waals surface area contributed by atoms with Gasteiger partial charge >= 0.3 is 0 Å². The largest absolute Gasteiger partial charge is 0.390 e. The molecule has 0 spiro atoms. The molecule has 0 aliphatic heterocycles. The Morgan fingerprint density at radius 2 is 1.60 bits per heavy atom. The Hall–Kier alpha value is -4.30. The molecular formula is C35H32N4O3. The lowest BCUT2D eigenvalue weighted by molar-refractivity contribution is -0.123. The zero-order valence-corrected chi connectivity index (χ0v) is 23.4. The lowest BCUT2D eigenvalue weighted by Gasteiger charge is -2.54. The normalized spacial score (nSPS) is 26.2. The second kappa shape index (κ2) is 8.85. The maximum Gasteiger partial charge on any atom is 0.234 e. The summed E-state index contributed by atoms with van der Waals surface area (Å²) in [6.07, 6.45) is 1.43. The second-order valence-electron chi connectivity index (χ2n) is 12.2. The number of aliphatic hydroxyl groups excluding tert-OH is 1. The van der Waals surface area contributed by atoms with Gasteiger partial charge in [0.2, 0.25) is 11.9 Å². The Labute approximate surface area is 243 Å². The first-order valence-corrected chi connectivity index (χ1v) is 14.5. The molecule has 1 fully saturated rings. The van der Waals surface area contributed by atoms with Crippen LogP contribution in [0.15, 0.2) is 91.1 Å². The van der Waals surface area contributed by atoms with Gasteiger partial charge in [0.25, 0.3) is 0 Å². The molecule has 5 N–H and O–H groups in total. The van der Waals surface area contributed by atoms with Crippen molar-refractivity contribution in [3.63, 3.8) is 0 Å². The van der Waals surface area contributed by atoms with Gasteiger partial charge in [-0.15, -0.1) is 0 Å². The Morgan fingerprint density at radius 1 is 0.952 bits per heavy atom. The van der Waals surface area contributed by atoms with Gasteiger partial charge in [-0.1, -0.05) is 84.9 Å². The van der Waals surface area contributed by atoms with Crippen LogP contribution in [0.2, 0.25) is 0 Å². The quantitative estimate of drug-likeness (QED) is 0.174. The Kier molecular flexibility index (Phi) is 5.35. The van der Waals surface area contributed by atoms with Crippen LogP contribution in [0.3, 0.4) is 0 Å². The van der Waals surface area contributed by atoms with Crippen molar-refractivity contribution in [3.05, 3.63) is 119 Å². The van der Waals surface area contributed by atoms with E-state index in [-0.39, 0.29) is 17.7 Å². The first-order chi connectivity index (χ1) is 20.4. The summed E-state index contributed by atoms with van der Waals surface area (Å²) >= 11 is 0. The van der Waals surface area contributed by atoms with Gasteiger partial charge in [0.05, 0.1) is 34.9 Å². The number of rotatable bonds is 6. The van der Waals surface area contributed by atoms with E-state index in [0.29, 0.717) is 12.4 Å². The lowest BCUT2D eigenvalue weighted by atomic mass is 9.49. The van der Waals surface area contributed by atoms with E-state index in [4.69, 9.17) is 0 Å². The number of nitrogens with one attached hydrogen (secondary N) is 3. The molecule has 210 valence electrons. The molecule has 1 saturated carbocycles. The third kappa shape index (κ3) is 3.10. The molecule has 4 atom stereocenters. The number of hydrogen-bond donors (Lipinski definition) is 5. The summed E-state index contributed by atoms with van der Waals surface area (Å²) in [7, 11) is 0. The van der Waals surface area contributed by atoms with Gasteiger partial charge in [0, 0.05) is 11.5 Å². The summed E-state index contributed by atoms with van der Waals surface area (Å²) in [5, 5.41) is 27.3. The standard InChI is InChI=1S/C35H32N4O3/c1-19-15-16-23(22-10-4-3-9-21(19)22)28-18-36-33(37-28)38-32(41)34-17-29(34)35(31(40)20(2)39-42)26-13-7-5-11-24(26)30(34)25-12-6-8-14-27(25)35/h3-16,18,20,29-31,39-40,42H,17H2,1-2H3,(H2,36,37,38,41). The first kappa shape index (κ1) is 25.4. The predicted octanol–water partition coefficient (Wildman–Crippen LogP) is 5.66. The number of benzene rings is 4. The topological polar surface area (TPSA) is 110 Å². The smallest absolute Gasteiger partial charge is 0.234 e. The Morgan fingerprint density at radius 3 is 2.29 bits per heavy atom. The number of aryl methyl sites for hydroxylation is 1. The number of carbonyl (C=O) groups excluding carboxylic acids is 1. The highest BCUT2D eigenvalue weighted by Gasteiger charge is 2.79. The van der Waals surface area contributed by atoms with Crippen molar-refractivity contribution in [1.82, 2.24) is 15.4 Å². The Balaban J connectivity index is 1.21. The van der Waals surface area contributed by atoms with E-state index in [1.165, 1.54) is 10.9 Å². The Bertz CT molecular complexity index is 1850. The van der Waals surface area contributed by atoms with Gasteiger partial charge in [-0.3, -0.25) is 10.1 Å². The number of hydrogen-bond acceptors (Lipinski definition) is 5. The monoisotopic (exact) mass is 556 g/mol. The zero-order chi connectivity index (χ0) is 28.8. The van der Waals surface area contributed by atoms with E-state index < -0.39 is 23.0 Å². The van der Waals surface area contributed by atoms with Crippen LogP contribution in [-0.2, 0) is 10.2 Å². The van der Waals surface area contributed by atoms with Crippen molar-refractivity contribution in [1.29, 1.82) is 0 Å². The van der Waals surface area contributed by atoms with Gasteiger partial charge in [-0.2, -0.15) is 0 Å². The van der Waals surface area contributed by atoms with Crippen molar-refractivity contribution in [2.24, 2.45) is 11.3 Å². The molecule has 4 unspecified atom stereocenters. The molecule has 1 heterocycles. The van der Waals surface area contributed by atoms with Gasteiger partial charge in [0.15, 0.2) is 0 Å². The molecule has 4 aliphatic carbocycles. The average molecular weight is 557 g/mol. The number of H-pyrrole nitrogens is 1. The molecule has 0 radical (unpaired) electrons. The summed E-state index contributed by atoms with van der Waals surface area (Å²) in [6, 6.07) is 28.2. The summed E-state index contributed by atoms with van der Waals surface area (Å²) in [6.45, 7) is 3.87. The van der Waals surface area contributed by atoms with E-state index in [1.54, 1.807) is 13.1 Å². The summed E-state index contributed by atoms with van der Waals surface area (Å²) < 4.78 is 0. The summed E-state index contributed by atoms with van der Waals surface area (Å²) in [5.74, 6) is 0.0259. The van der Waals surface area contributed by atoms with Gasteiger partial charge < -0.3 is 15.3 Å². The van der Waals surface area contributed by atoms with Gasteiger partial charge in [-0.05, 0) is 64.8 Å². The number of nitrogens with zero attached hydrogens (tertiary/aromatic N) is 1. The molecule has 7 heteroatoms. The molecule has 1 aromatic heterocycles. The molecule has 4 aromatic carbocycles. The minimum Gasteiger partial charge on any atom is -0.390 e. The van der Waals surface area contributed by atoms with Gasteiger partial charge in [-0.25, -0.2) is 10.5 Å². The number of anilines is 1. The molecule has 42 heavy (non-hydrogen) atoms. The SMILES string of the molecule is Cc1ccc(-c2cnc(NC(=O)C34CC3C3(C(O)C(C)NO)c5ccccc5C4c4ccccc43)[nH]2)c2ccccc12. The lowest BCUT2D eigenvalue weighted by Crippen LogP contribution is -2.59. The molecular weight excluding hydrogens is 524 g/mol. The minimum absolute atomic E-state index is 0.0997. The number of hydroxylamine groups is 1. The molecule has 1 amide bonds. The summed E-state index contributed by atoms with van der Waals surface area (Å²) in [5.41, 5.74) is 7.98. The maximum atomic E-state index is 14.4. The zero-order valence-electron chi connectivity index (χ0n) is 23.4. The highest BCUT2D eigenvalue weighted by molar-refractivity contribution is 6.01. The van der Waals surface area contributed by atoms with E-state index in [0.717, 1.165) is 38.9 Å².